The van der Waals surface area contributed by atoms with E-state index in [1.165, 1.54) is 11.7 Å². The second-order valence-electron chi connectivity index (χ2n) is 4.82. The van der Waals surface area contributed by atoms with Crippen LogP contribution in [0.1, 0.15) is 24.2 Å². The smallest absolute Gasteiger partial charge is 0.388 e. The molecule has 1 atom stereocenters. The van der Waals surface area contributed by atoms with Gasteiger partial charge in [-0.25, -0.2) is 0 Å². The number of β-amino-alcohol motifs (C(OH)–C–C–N with tert-alkyl or cyclic N) is 1. The van der Waals surface area contributed by atoms with Crippen LogP contribution < -0.4 is 5.32 Å². The Bertz CT molecular complexity index is 422. The molecule has 0 spiro atoms. The van der Waals surface area contributed by atoms with E-state index in [1.54, 1.807) is 0 Å². The van der Waals surface area contributed by atoms with Crippen molar-refractivity contribution in [1.29, 1.82) is 0 Å². The summed E-state index contributed by atoms with van der Waals surface area (Å²) in [6.07, 6.45) is -2.85. The van der Waals surface area contributed by atoms with Gasteiger partial charge in [0.1, 0.15) is 0 Å². The van der Waals surface area contributed by atoms with Crippen LogP contribution in [-0.4, -0.2) is 33.6 Å². The number of rotatable bonds is 2. The second-order valence-corrected chi connectivity index (χ2v) is 4.82. The fourth-order valence-corrected chi connectivity index (χ4v) is 2.25. The van der Waals surface area contributed by atoms with Crippen molar-refractivity contribution in [2.75, 3.05) is 13.1 Å². The number of alkyl halides is 3. The van der Waals surface area contributed by atoms with E-state index in [4.69, 9.17) is 0 Å². The number of hydrogen-bond acceptors (Lipinski definition) is 3. The van der Waals surface area contributed by atoms with Crippen LogP contribution in [0.3, 0.4) is 0 Å². The first-order chi connectivity index (χ1) is 8.30. The van der Waals surface area contributed by atoms with E-state index in [0.717, 1.165) is 19.0 Å². The summed E-state index contributed by atoms with van der Waals surface area (Å²) in [5.74, 6) is 0. The van der Waals surface area contributed by atoms with Crippen molar-refractivity contribution in [2.24, 2.45) is 7.05 Å². The van der Waals surface area contributed by atoms with Crippen molar-refractivity contribution >= 4 is 0 Å². The van der Waals surface area contributed by atoms with Crippen LogP contribution in [-0.2, 0) is 19.6 Å². The molecular weight excluding hydrogens is 247 g/mol. The van der Waals surface area contributed by atoms with E-state index in [-0.39, 0.29) is 6.42 Å². The standard InChI is InChI=1S/C11H16F3N3O/c1-17-8(5-9(16-17)11(12,13)14)6-10(18)3-2-4-15-7-10/h5,15,18H,2-4,6-7H2,1H3. The molecule has 1 saturated heterocycles. The molecule has 2 heterocycles. The Morgan fingerprint density at radius 1 is 1.56 bits per heavy atom. The molecule has 0 aliphatic carbocycles. The lowest BCUT2D eigenvalue weighted by Crippen LogP contribution is -2.47. The maximum atomic E-state index is 12.5. The molecule has 2 rings (SSSR count). The summed E-state index contributed by atoms with van der Waals surface area (Å²) >= 11 is 0. The molecule has 102 valence electrons. The number of aromatic nitrogens is 2. The molecule has 0 amide bonds. The first-order valence-corrected chi connectivity index (χ1v) is 5.83. The van der Waals surface area contributed by atoms with Gasteiger partial charge in [-0.1, -0.05) is 0 Å². The molecule has 0 radical (unpaired) electrons. The number of hydrogen-bond donors (Lipinski definition) is 2. The molecule has 1 fully saturated rings. The van der Waals surface area contributed by atoms with Crippen LogP contribution in [0.25, 0.3) is 0 Å². The SMILES string of the molecule is Cn1nc(C(F)(F)F)cc1CC1(O)CCCNC1. The number of halogens is 3. The first-order valence-electron chi connectivity index (χ1n) is 5.83. The lowest BCUT2D eigenvalue weighted by atomic mass is 9.89. The van der Waals surface area contributed by atoms with Gasteiger partial charge in [0.15, 0.2) is 5.69 Å². The highest BCUT2D eigenvalue weighted by atomic mass is 19.4. The third kappa shape index (κ3) is 2.84. The number of aryl methyl sites for hydroxylation is 1. The fraction of sp³-hybridized carbons (Fsp3) is 0.727. The molecule has 1 aromatic heterocycles. The van der Waals surface area contributed by atoms with Gasteiger partial charge in [-0.05, 0) is 25.5 Å². The predicted octanol–water partition coefficient (Wildman–Crippen LogP) is 1.10. The molecule has 1 aliphatic heterocycles. The van der Waals surface area contributed by atoms with E-state index < -0.39 is 17.5 Å². The predicted molar refractivity (Wildman–Crippen MR) is 59.0 cm³/mol. The zero-order chi connectivity index (χ0) is 13.4. The Hall–Kier alpha value is -1.08. The number of nitrogens with zero attached hydrogens (tertiary/aromatic N) is 2. The zero-order valence-corrected chi connectivity index (χ0v) is 10.1. The highest BCUT2D eigenvalue weighted by Gasteiger charge is 2.36. The zero-order valence-electron chi connectivity index (χ0n) is 10.1. The Morgan fingerprint density at radius 2 is 2.28 bits per heavy atom. The Kier molecular flexibility index (Phi) is 3.37. The number of aliphatic hydroxyl groups is 1. The summed E-state index contributed by atoms with van der Waals surface area (Å²) in [6.45, 7) is 1.24. The molecule has 4 nitrogen and oxygen atoms in total. The summed E-state index contributed by atoms with van der Waals surface area (Å²) in [4.78, 5) is 0. The summed E-state index contributed by atoms with van der Waals surface area (Å²) in [5.41, 5.74) is -1.49. The highest BCUT2D eigenvalue weighted by Crippen LogP contribution is 2.30. The van der Waals surface area contributed by atoms with E-state index in [1.807, 2.05) is 0 Å². The molecule has 1 aliphatic rings. The average Bonchev–Trinajstić information content (AvgIpc) is 2.60. The minimum absolute atomic E-state index is 0.180. The maximum absolute atomic E-state index is 12.5. The molecule has 1 unspecified atom stereocenters. The molecule has 2 N–H and O–H groups in total. The normalized spacial score (nSPS) is 25.4. The van der Waals surface area contributed by atoms with Crippen molar-refractivity contribution in [2.45, 2.75) is 31.0 Å². The lowest BCUT2D eigenvalue weighted by Gasteiger charge is -2.32. The molecular formula is C11H16F3N3O. The van der Waals surface area contributed by atoms with Gasteiger partial charge in [0.25, 0.3) is 0 Å². The number of nitrogens with one attached hydrogen (secondary N) is 1. The van der Waals surface area contributed by atoms with Gasteiger partial charge in [-0.3, -0.25) is 4.68 Å². The van der Waals surface area contributed by atoms with Gasteiger partial charge in [-0.15, -0.1) is 0 Å². The summed E-state index contributed by atoms with van der Waals surface area (Å²) in [6, 6.07) is 1.01. The van der Waals surface area contributed by atoms with Gasteiger partial charge in [0, 0.05) is 25.7 Å². The van der Waals surface area contributed by atoms with Crippen molar-refractivity contribution in [3.8, 4) is 0 Å². The van der Waals surface area contributed by atoms with Crippen LogP contribution in [0.4, 0.5) is 13.2 Å². The van der Waals surface area contributed by atoms with Crippen LogP contribution >= 0.6 is 0 Å². The molecule has 7 heteroatoms. The summed E-state index contributed by atoms with van der Waals surface area (Å²) in [7, 11) is 1.46. The van der Waals surface area contributed by atoms with Crippen molar-refractivity contribution in [3.63, 3.8) is 0 Å². The molecule has 0 bridgehead atoms. The minimum Gasteiger partial charge on any atom is -0.388 e. The van der Waals surface area contributed by atoms with E-state index in [2.05, 4.69) is 10.4 Å². The monoisotopic (exact) mass is 263 g/mol. The number of piperidine rings is 1. The quantitative estimate of drug-likeness (QED) is 0.840. The topological polar surface area (TPSA) is 50.1 Å². The molecule has 1 aromatic rings. The molecule has 0 aromatic carbocycles. The summed E-state index contributed by atoms with van der Waals surface area (Å²) < 4.78 is 38.7. The summed E-state index contributed by atoms with van der Waals surface area (Å²) in [5, 5.41) is 16.8. The highest BCUT2D eigenvalue weighted by molar-refractivity contribution is 5.15. The van der Waals surface area contributed by atoms with Crippen molar-refractivity contribution in [1.82, 2.24) is 15.1 Å². The third-order valence-corrected chi connectivity index (χ3v) is 3.23. The van der Waals surface area contributed by atoms with E-state index in [9.17, 15) is 18.3 Å². The molecule has 0 saturated carbocycles. The van der Waals surface area contributed by atoms with Gasteiger partial charge in [0.05, 0.1) is 5.60 Å². The average molecular weight is 263 g/mol. The van der Waals surface area contributed by atoms with Crippen molar-refractivity contribution in [3.05, 3.63) is 17.5 Å². The van der Waals surface area contributed by atoms with E-state index in [0.29, 0.717) is 18.7 Å². The Labute approximate surface area is 103 Å². The van der Waals surface area contributed by atoms with Gasteiger partial charge in [-0.2, -0.15) is 18.3 Å². The fourth-order valence-electron chi connectivity index (χ4n) is 2.25. The van der Waals surface area contributed by atoms with Crippen LogP contribution in [0.2, 0.25) is 0 Å². The minimum atomic E-state index is -4.44. The Balaban J connectivity index is 2.16. The maximum Gasteiger partial charge on any atom is 0.435 e. The third-order valence-electron chi connectivity index (χ3n) is 3.23. The van der Waals surface area contributed by atoms with E-state index >= 15 is 0 Å². The largest absolute Gasteiger partial charge is 0.435 e. The van der Waals surface area contributed by atoms with Gasteiger partial charge >= 0.3 is 6.18 Å². The van der Waals surface area contributed by atoms with Gasteiger partial charge < -0.3 is 10.4 Å². The second kappa shape index (κ2) is 4.55. The van der Waals surface area contributed by atoms with Crippen LogP contribution in [0.5, 0.6) is 0 Å². The lowest BCUT2D eigenvalue weighted by molar-refractivity contribution is -0.141. The van der Waals surface area contributed by atoms with Crippen molar-refractivity contribution < 1.29 is 18.3 Å². The van der Waals surface area contributed by atoms with Crippen LogP contribution in [0.15, 0.2) is 6.07 Å². The molecule has 18 heavy (non-hydrogen) atoms. The Morgan fingerprint density at radius 3 is 2.78 bits per heavy atom. The van der Waals surface area contributed by atoms with Gasteiger partial charge in [0.2, 0.25) is 0 Å². The van der Waals surface area contributed by atoms with Crippen LogP contribution in [0, 0.1) is 0 Å². The first kappa shape index (κ1) is 13.4.